The Morgan fingerprint density at radius 1 is 1.10 bits per heavy atom. The van der Waals surface area contributed by atoms with Crippen molar-refractivity contribution in [3.63, 3.8) is 0 Å². The van der Waals surface area contributed by atoms with E-state index in [0.29, 0.717) is 6.54 Å². The number of halogens is 1. The summed E-state index contributed by atoms with van der Waals surface area (Å²) in [6.07, 6.45) is 0.831. The van der Waals surface area contributed by atoms with Gasteiger partial charge in [0, 0.05) is 11.0 Å². The van der Waals surface area contributed by atoms with Gasteiger partial charge in [0.05, 0.1) is 6.04 Å². The van der Waals surface area contributed by atoms with E-state index in [1.54, 1.807) is 0 Å². The SMILES string of the molecule is C[C@H](NC(=O)NCCc1ccccc1)c1ccccc1Br. The van der Waals surface area contributed by atoms with E-state index in [1.165, 1.54) is 5.56 Å². The Bertz CT molecular complexity index is 586. The molecule has 21 heavy (non-hydrogen) atoms. The highest BCUT2D eigenvalue weighted by molar-refractivity contribution is 9.10. The van der Waals surface area contributed by atoms with Crippen LogP contribution in [-0.2, 0) is 6.42 Å². The number of hydrogen-bond acceptors (Lipinski definition) is 1. The van der Waals surface area contributed by atoms with Gasteiger partial charge in [0.25, 0.3) is 0 Å². The lowest BCUT2D eigenvalue weighted by Crippen LogP contribution is -2.38. The maximum Gasteiger partial charge on any atom is 0.315 e. The summed E-state index contributed by atoms with van der Waals surface area (Å²) < 4.78 is 1.00. The molecule has 0 saturated heterocycles. The first-order valence-corrected chi connectivity index (χ1v) is 7.79. The molecule has 1 atom stereocenters. The highest BCUT2D eigenvalue weighted by atomic mass is 79.9. The van der Waals surface area contributed by atoms with Crippen LogP contribution < -0.4 is 10.6 Å². The van der Waals surface area contributed by atoms with E-state index in [2.05, 4.69) is 38.7 Å². The third kappa shape index (κ3) is 4.90. The first-order valence-electron chi connectivity index (χ1n) is 6.99. The molecule has 110 valence electrons. The minimum atomic E-state index is -0.144. The molecule has 2 aromatic rings. The lowest BCUT2D eigenvalue weighted by Gasteiger charge is -2.16. The van der Waals surface area contributed by atoms with Crippen LogP contribution in [-0.4, -0.2) is 12.6 Å². The molecule has 0 aliphatic rings. The van der Waals surface area contributed by atoms with Gasteiger partial charge in [-0.1, -0.05) is 64.5 Å². The third-order valence-electron chi connectivity index (χ3n) is 3.26. The van der Waals surface area contributed by atoms with E-state index in [9.17, 15) is 4.79 Å². The van der Waals surface area contributed by atoms with Crippen LogP contribution in [0.2, 0.25) is 0 Å². The summed E-state index contributed by atoms with van der Waals surface area (Å²) in [5, 5.41) is 5.83. The summed E-state index contributed by atoms with van der Waals surface area (Å²) >= 11 is 3.50. The average Bonchev–Trinajstić information content (AvgIpc) is 2.48. The molecule has 0 aliphatic heterocycles. The highest BCUT2D eigenvalue weighted by Crippen LogP contribution is 2.22. The summed E-state index contributed by atoms with van der Waals surface area (Å²) in [6, 6.07) is 17.8. The number of urea groups is 1. The number of carbonyl (C=O) groups excluding carboxylic acids is 1. The zero-order valence-corrected chi connectivity index (χ0v) is 13.6. The average molecular weight is 347 g/mol. The Kier molecular flexibility index (Phi) is 5.81. The second kappa shape index (κ2) is 7.84. The predicted octanol–water partition coefficient (Wildman–Crippen LogP) is 4.05. The fourth-order valence-electron chi connectivity index (χ4n) is 2.12. The van der Waals surface area contributed by atoms with Crippen molar-refractivity contribution in [2.24, 2.45) is 0 Å². The van der Waals surface area contributed by atoms with E-state index in [1.807, 2.05) is 49.4 Å². The number of rotatable bonds is 5. The van der Waals surface area contributed by atoms with Gasteiger partial charge < -0.3 is 10.6 Å². The third-order valence-corrected chi connectivity index (χ3v) is 3.98. The van der Waals surface area contributed by atoms with Crippen LogP contribution in [0.3, 0.4) is 0 Å². The molecule has 0 fully saturated rings. The van der Waals surface area contributed by atoms with Gasteiger partial charge in [-0.25, -0.2) is 4.79 Å². The number of nitrogens with one attached hydrogen (secondary N) is 2. The first kappa shape index (κ1) is 15.6. The second-order valence-electron chi connectivity index (χ2n) is 4.88. The van der Waals surface area contributed by atoms with Crippen molar-refractivity contribution >= 4 is 22.0 Å². The molecule has 0 aromatic heterocycles. The molecular weight excluding hydrogens is 328 g/mol. The number of amides is 2. The van der Waals surface area contributed by atoms with Crippen LogP contribution in [0.1, 0.15) is 24.1 Å². The molecule has 0 bridgehead atoms. The van der Waals surface area contributed by atoms with E-state index in [0.717, 1.165) is 16.5 Å². The quantitative estimate of drug-likeness (QED) is 0.842. The molecule has 0 radical (unpaired) electrons. The minimum absolute atomic E-state index is 0.0442. The van der Waals surface area contributed by atoms with Crippen LogP contribution in [0.25, 0.3) is 0 Å². The number of carbonyl (C=O) groups is 1. The topological polar surface area (TPSA) is 41.1 Å². The fraction of sp³-hybridized carbons (Fsp3) is 0.235. The molecule has 0 spiro atoms. The summed E-state index contributed by atoms with van der Waals surface area (Å²) in [5.41, 5.74) is 2.28. The van der Waals surface area contributed by atoms with Crippen LogP contribution in [0, 0.1) is 0 Å². The normalized spacial score (nSPS) is 11.7. The van der Waals surface area contributed by atoms with E-state index in [4.69, 9.17) is 0 Å². The van der Waals surface area contributed by atoms with Crippen molar-refractivity contribution in [3.8, 4) is 0 Å². The number of hydrogen-bond donors (Lipinski definition) is 2. The maximum atomic E-state index is 11.9. The lowest BCUT2D eigenvalue weighted by molar-refractivity contribution is 0.238. The van der Waals surface area contributed by atoms with E-state index < -0.39 is 0 Å². The monoisotopic (exact) mass is 346 g/mol. The Balaban J connectivity index is 1.78. The van der Waals surface area contributed by atoms with Gasteiger partial charge in [0.15, 0.2) is 0 Å². The Morgan fingerprint density at radius 2 is 1.76 bits per heavy atom. The standard InChI is InChI=1S/C17H19BrN2O/c1-13(15-9-5-6-10-16(15)18)20-17(21)19-12-11-14-7-3-2-4-8-14/h2-10,13H,11-12H2,1H3,(H2,19,20,21)/t13-/m0/s1. The van der Waals surface area contributed by atoms with E-state index >= 15 is 0 Å². The van der Waals surface area contributed by atoms with Crippen LogP contribution >= 0.6 is 15.9 Å². The Labute approximate surface area is 133 Å². The fourth-order valence-corrected chi connectivity index (χ4v) is 2.74. The molecular formula is C17H19BrN2O. The van der Waals surface area contributed by atoms with Gasteiger partial charge in [0.1, 0.15) is 0 Å². The van der Waals surface area contributed by atoms with Gasteiger partial charge in [-0.3, -0.25) is 0 Å². The van der Waals surface area contributed by atoms with Gasteiger partial charge >= 0.3 is 6.03 Å². The van der Waals surface area contributed by atoms with Crippen LogP contribution in [0.15, 0.2) is 59.1 Å². The van der Waals surface area contributed by atoms with Gasteiger partial charge in [-0.2, -0.15) is 0 Å². The Morgan fingerprint density at radius 3 is 2.48 bits per heavy atom. The van der Waals surface area contributed by atoms with Crippen molar-refractivity contribution < 1.29 is 4.79 Å². The molecule has 0 saturated carbocycles. The molecule has 2 N–H and O–H groups in total. The molecule has 0 unspecified atom stereocenters. The molecule has 2 amide bonds. The van der Waals surface area contributed by atoms with Crippen molar-refractivity contribution in [1.82, 2.24) is 10.6 Å². The summed E-state index contributed by atoms with van der Waals surface area (Å²) in [5.74, 6) is 0. The van der Waals surface area contributed by atoms with Crippen molar-refractivity contribution in [1.29, 1.82) is 0 Å². The van der Waals surface area contributed by atoms with Gasteiger partial charge in [-0.05, 0) is 30.5 Å². The summed E-state index contributed by atoms with van der Waals surface area (Å²) in [6.45, 7) is 2.59. The molecule has 0 aliphatic carbocycles. The van der Waals surface area contributed by atoms with Crippen molar-refractivity contribution in [2.75, 3.05) is 6.54 Å². The largest absolute Gasteiger partial charge is 0.338 e. The van der Waals surface area contributed by atoms with Gasteiger partial charge in [-0.15, -0.1) is 0 Å². The smallest absolute Gasteiger partial charge is 0.315 e. The highest BCUT2D eigenvalue weighted by Gasteiger charge is 2.11. The number of benzene rings is 2. The van der Waals surface area contributed by atoms with E-state index in [-0.39, 0.29) is 12.1 Å². The zero-order chi connectivity index (χ0) is 15.1. The van der Waals surface area contributed by atoms with Crippen molar-refractivity contribution in [2.45, 2.75) is 19.4 Å². The maximum absolute atomic E-state index is 11.9. The molecule has 3 nitrogen and oxygen atoms in total. The van der Waals surface area contributed by atoms with Crippen molar-refractivity contribution in [3.05, 3.63) is 70.2 Å². The summed E-state index contributed by atoms with van der Waals surface area (Å²) in [4.78, 5) is 11.9. The van der Waals surface area contributed by atoms with Crippen LogP contribution in [0.5, 0.6) is 0 Å². The Hall–Kier alpha value is -1.81. The molecule has 4 heteroatoms. The zero-order valence-electron chi connectivity index (χ0n) is 12.0. The molecule has 0 heterocycles. The first-order chi connectivity index (χ1) is 10.2. The molecule has 2 rings (SSSR count). The van der Waals surface area contributed by atoms with Gasteiger partial charge in [0.2, 0.25) is 0 Å². The van der Waals surface area contributed by atoms with Crippen LogP contribution in [0.4, 0.5) is 4.79 Å². The minimum Gasteiger partial charge on any atom is -0.338 e. The predicted molar refractivity (Wildman–Crippen MR) is 89.2 cm³/mol. The molecule has 2 aromatic carbocycles. The second-order valence-corrected chi connectivity index (χ2v) is 5.73. The summed E-state index contributed by atoms with van der Waals surface area (Å²) in [7, 11) is 0. The lowest BCUT2D eigenvalue weighted by atomic mass is 10.1.